The van der Waals surface area contributed by atoms with Crippen LogP contribution in [-0.4, -0.2) is 82.3 Å². The summed E-state index contributed by atoms with van der Waals surface area (Å²) in [6.07, 6.45) is 3.66. The average molecular weight is 1010 g/mol. The van der Waals surface area contributed by atoms with Gasteiger partial charge in [0.1, 0.15) is 10.5 Å². The Bertz CT molecular complexity index is 2790. The molecule has 0 unspecified atom stereocenters. The third kappa shape index (κ3) is 12.7. The van der Waals surface area contributed by atoms with Gasteiger partial charge < -0.3 is 19.9 Å². The summed E-state index contributed by atoms with van der Waals surface area (Å²) in [6.45, 7) is 7.14. The fourth-order valence-corrected chi connectivity index (χ4v) is 11.7. The number of sulfone groups is 1. The molecule has 2 fully saturated rings. The molecule has 2 aliphatic rings. The highest BCUT2D eigenvalue weighted by atomic mass is 35.5. The number of alkyl halides is 3. The number of nitrogens with one attached hydrogen (secondary N) is 2. The van der Waals surface area contributed by atoms with Crippen LogP contribution in [0.25, 0.3) is 11.1 Å². The van der Waals surface area contributed by atoms with Crippen molar-refractivity contribution >= 4 is 66.6 Å². The summed E-state index contributed by atoms with van der Waals surface area (Å²) >= 11 is 7.50. The van der Waals surface area contributed by atoms with Crippen LogP contribution in [0.3, 0.4) is 0 Å². The molecular formula is C50H54ClF3N4O7S3. The van der Waals surface area contributed by atoms with Crippen LogP contribution in [0.1, 0.15) is 68.8 Å². The van der Waals surface area contributed by atoms with Crippen LogP contribution in [0.4, 0.5) is 29.3 Å². The van der Waals surface area contributed by atoms with E-state index < -0.39 is 70.5 Å². The molecule has 0 aliphatic carbocycles. The van der Waals surface area contributed by atoms with Crippen molar-refractivity contribution in [3.8, 4) is 11.1 Å². The first-order valence-corrected chi connectivity index (χ1v) is 26.7. The lowest BCUT2D eigenvalue weighted by Gasteiger charge is -2.34. The fraction of sp³-hybridized carbons (Fsp3) is 0.360. The first kappa shape index (κ1) is 50.6. The van der Waals surface area contributed by atoms with E-state index >= 15 is 0 Å². The highest BCUT2D eigenvalue weighted by Crippen LogP contribution is 2.38. The quantitative estimate of drug-likeness (QED) is 0.0973. The summed E-state index contributed by atoms with van der Waals surface area (Å²) in [4.78, 5) is 28.9. The third-order valence-electron chi connectivity index (χ3n) is 12.0. The number of carbonyl (C=O) groups excluding carboxylic acids is 2. The van der Waals surface area contributed by atoms with E-state index in [2.05, 4.69) is 22.3 Å². The summed E-state index contributed by atoms with van der Waals surface area (Å²) in [5, 5.41) is 3.64. The molecule has 68 heavy (non-hydrogen) atoms. The molecule has 362 valence electrons. The Hall–Kier alpha value is -5.23. The van der Waals surface area contributed by atoms with Gasteiger partial charge in [-0.15, -0.1) is 11.8 Å². The van der Waals surface area contributed by atoms with E-state index in [0.717, 1.165) is 60.6 Å². The van der Waals surface area contributed by atoms with Crippen molar-refractivity contribution in [2.45, 2.75) is 97.2 Å². The average Bonchev–Trinajstić information content (AvgIpc) is 3.77. The Morgan fingerprint density at radius 1 is 0.824 bits per heavy atom. The molecule has 2 N–H and O–H groups in total. The summed E-state index contributed by atoms with van der Waals surface area (Å²) in [5.74, 6) is -0.372. The van der Waals surface area contributed by atoms with Crippen LogP contribution in [-0.2, 0) is 31.0 Å². The maximum Gasteiger partial charge on any atom is 0.501 e. The smallest absolute Gasteiger partial charge is 0.444 e. The van der Waals surface area contributed by atoms with Crippen LogP contribution in [0.5, 0.6) is 0 Å². The molecule has 0 bridgehead atoms. The Morgan fingerprint density at radius 3 is 2.15 bits per heavy atom. The molecule has 0 aromatic heterocycles. The van der Waals surface area contributed by atoms with Crippen molar-refractivity contribution < 1.29 is 44.3 Å². The Kier molecular flexibility index (Phi) is 15.8. The van der Waals surface area contributed by atoms with E-state index in [-0.39, 0.29) is 17.7 Å². The minimum Gasteiger partial charge on any atom is -0.444 e. The second-order valence-electron chi connectivity index (χ2n) is 18.1. The number of hydrogen-bond donors (Lipinski definition) is 2. The van der Waals surface area contributed by atoms with E-state index in [0.29, 0.717) is 36.4 Å². The van der Waals surface area contributed by atoms with E-state index in [1.807, 2.05) is 71.5 Å². The van der Waals surface area contributed by atoms with Crippen LogP contribution in [0.15, 0.2) is 136 Å². The first-order valence-electron chi connectivity index (χ1n) is 22.3. The molecule has 11 nitrogen and oxygen atoms in total. The predicted octanol–water partition coefficient (Wildman–Crippen LogP) is 11.2. The number of carbonyl (C=O) groups is 2. The second-order valence-corrected chi connectivity index (χ2v) is 23.2. The van der Waals surface area contributed by atoms with Crippen LogP contribution >= 0.6 is 23.4 Å². The van der Waals surface area contributed by atoms with Crippen molar-refractivity contribution in [2.24, 2.45) is 5.92 Å². The van der Waals surface area contributed by atoms with Gasteiger partial charge in [-0.25, -0.2) is 26.4 Å². The van der Waals surface area contributed by atoms with E-state index in [4.69, 9.17) is 16.3 Å². The molecular weight excluding hydrogens is 957 g/mol. The van der Waals surface area contributed by atoms with Gasteiger partial charge in [0, 0.05) is 58.6 Å². The highest BCUT2D eigenvalue weighted by molar-refractivity contribution is 7.99. The normalized spacial score (nSPS) is 16.6. The van der Waals surface area contributed by atoms with Crippen LogP contribution in [0.2, 0.25) is 5.02 Å². The fourth-order valence-electron chi connectivity index (χ4n) is 8.59. The Balaban J connectivity index is 1.04. The highest BCUT2D eigenvalue weighted by Gasteiger charge is 2.49. The molecule has 2 atom stereocenters. The molecule has 0 radical (unpaired) electrons. The standard InChI is InChI=1S/C50H54ClF3N4O7S3/c1-49(2,3)65-48(60)58-27-9-11-41(58)31-39(33-66-42-12-5-4-6-13-42)55-45-24-23-43(32-46(45)67(61,62)50(52,53)54)68(63,64)56-47(59)36-17-21-40(22-18-36)57-28-25-34(26-29-57)30-37-10-7-8-14-44(37)35-15-19-38(51)20-16-35/h4-8,10,12-24,32,34,39,41,55H,9,11,25-31,33H2,1-3H3,(H,56,59)/t39-,41-/m1/s1. The lowest BCUT2D eigenvalue weighted by atomic mass is 9.87. The van der Waals surface area contributed by atoms with E-state index in [1.54, 1.807) is 37.8 Å². The van der Waals surface area contributed by atoms with E-state index in [9.17, 15) is 39.6 Å². The monoisotopic (exact) mass is 1010 g/mol. The lowest BCUT2D eigenvalue weighted by Crippen LogP contribution is -2.42. The number of likely N-dealkylation sites (tertiary alicyclic amines) is 1. The van der Waals surface area contributed by atoms with Gasteiger partial charge in [0.25, 0.3) is 25.8 Å². The van der Waals surface area contributed by atoms with Gasteiger partial charge in [0.2, 0.25) is 0 Å². The van der Waals surface area contributed by atoms with E-state index in [1.165, 1.54) is 35.0 Å². The molecule has 2 heterocycles. The number of nitrogens with zero attached hydrogens (tertiary/aromatic N) is 2. The number of anilines is 2. The SMILES string of the molecule is CC(C)(C)OC(=O)N1CCC[C@@H]1C[C@H](CSc1ccccc1)Nc1ccc(S(=O)(=O)NC(=O)c2ccc(N3CCC(Cc4ccccc4-c4ccc(Cl)cc4)CC3)cc2)cc1S(=O)(=O)C(F)(F)F. The van der Waals surface area contributed by atoms with Gasteiger partial charge in [0.15, 0.2) is 0 Å². The maximum absolute atomic E-state index is 14.3. The number of rotatable bonds is 15. The van der Waals surface area contributed by atoms with Crippen molar-refractivity contribution in [3.05, 3.63) is 137 Å². The first-order chi connectivity index (χ1) is 32.2. The van der Waals surface area contributed by atoms with Gasteiger partial charge in [-0.1, -0.05) is 66.2 Å². The maximum atomic E-state index is 14.3. The summed E-state index contributed by atoms with van der Waals surface area (Å²) in [7, 11) is -11.0. The Morgan fingerprint density at radius 2 is 1.49 bits per heavy atom. The third-order valence-corrected chi connectivity index (χ3v) is 16.3. The number of sulfonamides is 1. The molecule has 5 aromatic carbocycles. The number of benzene rings is 5. The lowest BCUT2D eigenvalue weighted by molar-refractivity contribution is -0.0436. The molecule has 5 aromatic rings. The number of halogens is 4. The van der Waals surface area contributed by atoms with Crippen molar-refractivity contribution in [3.63, 3.8) is 0 Å². The summed E-state index contributed by atoms with van der Waals surface area (Å²) in [5.41, 5.74) is -2.72. The molecule has 18 heteroatoms. The number of ether oxygens (including phenoxy) is 1. The molecule has 0 spiro atoms. The van der Waals surface area contributed by atoms with Gasteiger partial charge in [0.05, 0.1) is 10.6 Å². The number of thioether (sulfide) groups is 1. The second kappa shape index (κ2) is 21.2. The largest absolute Gasteiger partial charge is 0.501 e. The number of hydrogen-bond acceptors (Lipinski definition) is 10. The van der Waals surface area contributed by atoms with Gasteiger partial charge >= 0.3 is 11.6 Å². The molecule has 2 amide bonds. The van der Waals surface area contributed by atoms with Gasteiger partial charge in [-0.2, -0.15) is 13.2 Å². The topological polar surface area (TPSA) is 142 Å². The van der Waals surface area contributed by atoms with Gasteiger partial charge in [-0.3, -0.25) is 4.79 Å². The zero-order chi connectivity index (χ0) is 48.9. The van der Waals surface area contributed by atoms with Gasteiger partial charge in [-0.05, 0) is 149 Å². The summed E-state index contributed by atoms with van der Waals surface area (Å²) in [6, 6.07) is 32.9. The van der Waals surface area contributed by atoms with Crippen LogP contribution in [0, 0.1) is 5.92 Å². The molecule has 2 saturated heterocycles. The zero-order valence-electron chi connectivity index (χ0n) is 37.8. The van der Waals surface area contributed by atoms with Crippen molar-refractivity contribution in [1.29, 1.82) is 0 Å². The predicted molar refractivity (Wildman–Crippen MR) is 261 cm³/mol. The van der Waals surface area contributed by atoms with Crippen molar-refractivity contribution in [1.82, 2.24) is 9.62 Å². The number of amides is 2. The molecule has 7 rings (SSSR count). The zero-order valence-corrected chi connectivity index (χ0v) is 41.0. The molecule has 0 saturated carbocycles. The minimum atomic E-state index is -6.14. The van der Waals surface area contributed by atoms with Crippen LogP contribution < -0.4 is 14.9 Å². The molecule has 2 aliphatic heterocycles. The van der Waals surface area contributed by atoms with Crippen molar-refractivity contribution in [2.75, 3.05) is 35.6 Å². The number of piperidine rings is 1. The Labute approximate surface area is 405 Å². The minimum absolute atomic E-state index is 0.0291. The summed E-state index contributed by atoms with van der Waals surface area (Å²) < 4.78 is 104.